The number of hydrogen-bond acceptors (Lipinski definition) is 2. The van der Waals surface area contributed by atoms with Crippen LogP contribution in [0.3, 0.4) is 0 Å². The van der Waals surface area contributed by atoms with Crippen molar-refractivity contribution < 1.29 is 0 Å². The molecular weight excluding hydrogens is 907 g/mol. The lowest BCUT2D eigenvalue weighted by atomic mass is 9.79. The molecule has 0 spiro atoms. The quantitative estimate of drug-likeness (QED) is 0.148. The molecule has 0 aliphatic heterocycles. The van der Waals surface area contributed by atoms with E-state index in [0.717, 1.165) is 33.9 Å². The summed E-state index contributed by atoms with van der Waals surface area (Å²) >= 11 is 0. The number of fused-ring (bicyclic) bond motifs is 16. The first kappa shape index (κ1) is 43.1. The third-order valence-electron chi connectivity index (χ3n) is 16.1. The molecule has 0 radical (unpaired) electrons. The van der Waals surface area contributed by atoms with Gasteiger partial charge >= 0.3 is 0 Å². The molecule has 14 aromatic rings. The summed E-state index contributed by atoms with van der Waals surface area (Å²) in [5.41, 5.74) is 18.9. The van der Waals surface area contributed by atoms with Crippen LogP contribution < -0.4 is 4.90 Å². The Labute approximate surface area is 435 Å². The summed E-state index contributed by atoms with van der Waals surface area (Å²) < 4.78 is 2.49. The van der Waals surface area contributed by atoms with Gasteiger partial charge in [0.2, 0.25) is 0 Å². The van der Waals surface area contributed by atoms with Crippen LogP contribution in [-0.2, 0) is 5.41 Å². The highest BCUT2D eigenvalue weighted by Gasteiger charge is 2.40. The number of hydrogen-bond donors (Lipinski definition) is 0. The molecule has 2 heterocycles. The van der Waals surface area contributed by atoms with Crippen LogP contribution in [0.5, 0.6) is 0 Å². The van der Waals surface area contributed by atoms with E-state index in [1.165, 1.54) is 109 Å². The molecule has 0 amide bonds. The van der Waals surface area contributed by atoms with Gasteiger partial charge < -0.3 is 9.47 Å². The highest BCUT2D eigenvalue weighted by atomic mass is 15.1. The number of pyridine rings is 1. The molecule has 15 rings (SSSR count). The lowest BCUT2D eigenvalue weighted by Gasteiger charge is -2.26. The van der Waals surface area contributed by atoms with Gasteiger partial charge in [0.15, 0.2) is 0 Å². The largest absolute Gasteiger partial charge is 0.310 e. The van der Waals surface area contributed by atoms with Crippen molar-refractivity contribution in [2.45, 2.75) is 19.3 Å². The second-order valence-corrected chi connectivity index (χ2v) is 20.7. The van der Waals surface area contributed by atoms with Crippen LogP contribution in [0.15, 0.2) is 261 Å². The van der Waals surface area contributed by atoms with Crippen molar-refractivity contribution in [3.63, 3.8) is 0 Å². The molecule has 1 aliphatic carbocycles. The van der Waals surface area contributed by atoms with Gasteiger partial charge in [0, 0.05) is 56.7 Å². The number of benzene rings is 12. The second kappa shape index (κ2) is 16.7. The van der Waals surface area contributed by atoms with E-state index in [9.17, 15) is 0 Å². The Kier molecular flexibility index (Phi) is 9.61. The number of nitrogens with zero attached hydrogens (tertiary/aromatic N) is 3. The smallest absolute Gasteiger partial charge is 0.0623 e. The highest BCUT2D eigenvalue weighted by molar-refractivity contribution is 6.29. The summed E-state index contributed by atoms with van der Waals surface area (Å²) in [6.07, 6.45) is 3.83. The normalized spacial score (nSPS) is 12.8. The predicted molar refractivity (Wildman–Crippen MR) is 317 cm³/mol. The maximum absolute atomic E-state index is 4.49. The Morgan fingerprint density at radius 2 is 0.840 bits per heavy atom. The van der Waals surface area contributed by atoms with E-state index >= 15 is 0 Å². The van der Waals surface area contributed by atoms with Crippen LogP contribution in [0.25, 0.3) is 115 Å². The summed E-state index contributed by atoms with van der Waals surface area (Å²) in [4.78, 5) is 6.88. The van der Waals surface area contributed by atoms with Crippen LogP contribution in [0.2, 0.25) is 0 Å². The molecule has 352 valence electrons. The second-order valence-electron chi connectivity index (χ2n) is 20.7. The van der Waals surface area contributed by atoms with E-state index in [1.54, 1.807) is 0 Å². The van der Waals surface area contributed by atoms with E-state index in [1.807, 2.05) is 12.4 Å². The molecule has 3 nitrogen and oxygen atoms in total. The molecule has 0 saturated carbocycles. The average Bonchev–Trinajstić information content (AvgIpc) is 3.94. The highest BCUT2D eigenvalue weighted by Crippen LogP contribution is 2.58. The van der Waals surface area contributed by atoms with E-state index in [0.29, 0.717) is 0 Å². The van der Waals surface area contributed by atoms with Gasteiger partial charge in [-0.05, 0) is 172 Å². The van der Waals surface area contributed by atoms with Crippen molar-refractivity contribution in [1.29, 1.82) is 0 Å². The molecule has 3 heteroatoms. The predicted octanol–water partition coefficient (Wildman–Crippen LogP) is 19.6. The number of aromatic nitrogens is 2. The minimum Gasteiger partial charge on any atom is -0.310 e. The Balaban J connectivity index is 0.947. The van der Waals surface area contributed by atoms with Gasteiger partial charge in [-0.2, -0.15) is 0 Å². The molecule has 75 heavy (non-hydrogen) atoms. The zero-order valence-corrected chi connectivity index (χ0v) is 41.7. The minimum absolute atomic E-state index is 0.339. The monoisotopic (exact) mass is 955 g/mol. The number of rotatable bonds is 7. The fourth-order valence-corrected chi connectivity index (χ4v) is 12.8. The van der Waals surface area contributed by atoms with Crippen LogP contribution >= 0.6 is 0 Å². The topological polar surface area (TPSA) is 21.1 Å². The summed E-state index contributed by atoms with van der Waals surface area (Å²) in [5.74, 6) is 0. The summed E-state index contributed by atoms with van der Waals surface area (Å²) in [7, 11) is 0. The van der Waals surface area contributed by atoms with Gasteiger partial charge in [0.05, 0.1) is 11.0 Å². The van der Waals surface area contributed by atoms with E-state index in [4.69, 9.17) is 0 Å². The SMILES string of the molecule is CC1(C)c2cc3c4ccccc4c4ccccc4c3cc2-c2c1c1c3cc(-c4cccc(N(c5ccccc5)c5cccc(-c6cccc(-c7ccccc7)c6)c5)c4)ccc3n(-c3ccncc3)c1c1ccccc21. The molecule has 0 N–H and O–H groups in total. The van der Waals surface area contributed by atoms with Crippen molar-refractivity contribution in [1.82, 2.24) is 9.55 Å². The summed E-state index contributed by atoms with van der Waals surface area (Å²) in [6.45, 7) is 4.91. The first-order chi connectivity index (χ1) is 37.0. The third kappa shape index (κ3) is 6.64. The van der Waals surface area contributed by atoms with Gasteiger partial charge in [0.1, 0.15) is 0 Å². The van der Waals surface area contributed by atoms with Crippen molar-refractivity contribution in [3.8, 4) is 50.2 Å². The molecular formula is C72H49N3. The number of anilines is 3. The Morgan fingerprint density at radius 3 is 1.48 bits per heavy atom. The third-order valence-corrected chi connectivity index (χ3v) is 16.1. The fourth-order valence-electron chi connectivity index (χ4n) is 12.8. The molecule has 12 aromatic carbocycles. The van der Waals surface area contributed by atoms with Gasteiger partial charge in [-0.1, -0.05) is 184 Å². The van der Waals surface area contributed by atoms with Crippen LogP contribution in [0.1, 0.15) is 25.0 Å². The molecule has 0 atom stereocenters. The molecule has 0 fully saturated rings. The standard InChI is InChI=1S/C72H49N3/c1-72(2)66-45-63-59-31-12-10-29-57(59)56-28-9-11-30-58(56)62(63)44-64(66)68-60-32-13-14-33-61(60)71-69(70(68)72)65-43-51(34-35-67(65)75(71)53-36-38-73-39-37-53)50-23-17-27-55(42-50)74(52-24-7-4-8-25-52)54-26-16-22-49(41-54)48-21-15-20-47(40-48)46-18-5-3-6-19-46/h3-45H,1-2H3. The van der Waals surface area contributed by atoms with Gasteiger partial charge in [-0.3, -0.25) is 4.98 Å². The lowest BCUT2D eigenvalue weighted by molar-refractivity contribution is 0.668. The van der Waals surface area contributed by atoms with Crippen molar-refractivity contribution in [3.05, 3.63) is 272 Å². The first-order valence-corrected chi connectivity index (χ1v) is 26.0. The average molecular weight is 956 g/mol. The Morgan fingerprint density at radius 1 is 0.360 bits per heavy atom. The lowest BCUT2D eigenvalue weighted by Crippen LogP contribution is -2.15. The minimum atomic E-state index is -0.339. The van der Waals surface area contributed by atoms with Gasteiger partial charge in [-0.25, -0.2) is 0 Å². The van der Waals surface area contributed by atoms with Gasteiger partial charge in [-0.15, -0.1) is 0 Å². The van der Waals surface area contributed by atoms with E-state index < -0.39 is 0 Å². The summed E-state index contributed by atoms with van der Waals surface area (Å²) in [6, 6.07) is 91.8. The van der Waals surface area contributed by atoms with E-state index in [2.05, 4.69) is 277 Å². The zero-order valence-electron chi connectivity index (χ0n) is 41.7. The van der Waals surface area contributed by atoms with Crippen molar-refractivity contribution in [2.75, 3.05) is 4.90 Å². The molecule has 0 saturated heterocycles. The summed E-state index contributed by atoms with van der Waals surface area (Å²) in [5, 5.41) is 12.8. The number of para-hydroxylation sites is 1. The maximum atomic E-state index is 4.49. The van der Waals surface area contributed by atoms with Crippen molar-refractivity contribution in [2.24, 2.45) is 0 Å². The molecule has 1 aliphatic rings. The van der Waals surface area contributed by atoms with Crippen LogP contribution in [0, 0.1) is 0 Å². The zero-order chi connectivity index (χ0) is 49.8. The Hall–Kier alpha value is -9.57. The first-order valence-electron chi connectivity index (χ1n) is 26.0. The molecule has 0 unspecified atom stereocenters. The molecule has 0 bridgehead atoms. The Bertz CT molecular complexity index is 4610. The van der Waals surface area contributed by atoms with Crippen molar-refractivity contribution >= 4 is 82.0 Å². The molecule has 2 aromatic heterocycles. The fraction of sp³-hybridized carbons (Fsp3) is 0.0417. The van der Waals surface area contributed by atoms with E-state index in [-0.39, 0.29) is 5.41 Å². The van der Waals surface area contributed by atoms with Crippen LogP contribution in [-0.4, -0.2) is 9.55 Å². The maximum Gasteiger partial charge on any atom is 0.0623 e. The van der Waals surface area contributed by atoms with Gasteiger partial charge in [0.25, 0.3) is 0 Å². The van der Waals surface area contributed by atoms with Crippen LogP contribution in [0.4, 0.5) is 17.1 Å².